The zero-order valence-electron chi connectivity index (χ0n) is 10.6. The maximum atomic E-state index is 6.10. The highest BCUT2D eigenvalue weighted by molar-refractivity contribution is 14.1. The van der Waals surface area contributed by atoms with Crippen molar-refractivity contribution in [2.75, 3.05) is 0 Å². The Labute approximate surface area is 126 Å². The number of halogens is 1. The summed E-state index contributed by atoms with van der Waals surface area (Å²) in [5, 5.41) is 0. The van der Waals surface area contributed by atoms with Gasteiger partial charge in [0.05, 0.1) is 6.10 Å². The molecule has 0 bridgehead atoms. The van der Waals surface area contributed by atoms with Crippen molar-refractivity contribution in [3.05, 3.63) is 69.3 Å². The van der Waals surface area contributed by atoms with Gasteiger partial charge >= 0.3 is 0 Å². The average Bonchev–Trinajstić information content (AvgIpc) is 2.82. The van der Waals surface area contributed by atoms with Crippen LogP contribution in [0.25, 0.3) is 0 Å². The van der Waals surface area contributed by atoms with Crippen molar-refractivity contribution in [3.8, 4) is 0 Å². The van der Waals surface area contributed by atoms with Gasteiger partial charge in [-0.15, -0.1) is 0 Å². The number of rotatable bonds is 2. The lowest BCUT2D eigenvalue weighted by Gasteiger charge is -2.14. The second-order valence-corrected chi connectivity index (χ2v) is 5.82. The van der Waals surface area contributed by atoms with Crippen molar-refractivity contribution in [2.45, 2.75) is 25.4 Å². The molecule has 0 N–H and O–H groups in total. The van der Waals surface area contributed by atoms with Crippen LogP contribution in [0.5, 0.6) is 0 Å². The standard InChI is InChI=1S/C16H15IO2/c1-11-15(13-9-5-6-10-14(13)17)19-16(18-11)12-7-3-2-4-8-12/h2-11,15-16H,1H3. The highest BCUT2D eigenvalue weighted by Gasteiger charge is 2.35. The molecule has 0 amide bonds. The predicted octanol–water partition coefficient (Wildman–Crippen LogP) is 4.47. The summed E-state index contributed by atoms with van der Waals surface area (Å²) in [4.78, 5) is 0. The van der Waals surface area contributed by atoms with Gasteiger partial charge in [0.15, 0.2) is 6.29 Å². The number of benzene rings is 2. The van der Waals surface area contributed by atoms with E-state index in [9.17, 15) is 0 Å². The first-order valence-corrected chi connectivity index (χ1v) is 7.44. The summed E-state index contributed by atoms with van der Waals surface area (Å²) in [6, 6.07) is 18.4. The Bertz CT molecular complexity index is 556. The lowest BCUT2D eigenvalue weighted by atomic mass is 10.1. The molecule has 3 unspecified atom stereocenters. The molecular formula is C16H15IO2. The van der Waals surface area contributed by atoms with E-state index in [2.05, 4.69) is 41.6 Å². The van der Waals surface area contributed by atoms with Crippen LogP contribution in [-0.2, 0) is 9.47 Å². The molecule has 1 aliphatic rings. The number of ether oxygens (including phenoxy) is 2. The van der Waals surface area contributed by atoms with E-state index in [0.29, 0.717) is 0 Å². The molecular weight excluding hydrogens is 351 g/mol. The van der Waals surface area contributed by atoms with Crippen molar-refractivity contribution in [1.82, 2.24) is 0 Å². The van der Waals surface area contributed by atoms with E-state index < -0.39 is 0 Å². The predicted molar refractivity (Wildman–Crippen MR) is 82.7 cm³/mol. The average molecular weight is 366 g/mol. The smallest absolute Gasteiger partial charge is 0.185 e. The third-order valence-corrected chi connectivity index (χ3v) is 4.30. The van der Waals surface area contributed by atoms with Gasteiger partial charge in [-0.1, -0.05) is 48.5 Å². The third-order valence-electron chi connectivity index (χ3n) is 3.32. The molecule has 19 heavy (non-hydrogen) atoms. The molecule has 3 atom stereocenters. The van der Waals surface area contributed by atoms with Crippen LogP contribution in [0, 0.1) is 3.57 Å². The fourth-order valence-corrected chi connectivity index (χ4v) is 3.04. The van der Waals surface area contributed by atoms with Gasteiger partial charge in [0.2, 0.25) is 0 Å². The molecule has 3 rings (SSSR count). The molecule has 2 aromatic carbocycles. The zero-order valence-corrected chi connectivity index (χ0v) is 12.8. The Morgan fingerprint density at radius 2 is 1.58 bits per heavy atom. The first-order chi connectivity index (χ1) is 9.25. The van der Waals surface area contributed by atoms with Crippen molar-refractivity contribution in [2.24, 2.45) is 0 Å². The summed E-state index contributed by atoms with van der Waals surface area (Å²) in [5.74, 6) is 0. The van der Waals surface area contributed by atoms with Crippen LogP contribution in [0.4, 0.5) is 0 Å². The van der Waals surface area contributed by atoms with Gasteiger partial charge in [-0.25, -0.2) is 0 Å². The molecule has 98 valence electrons. The monoisotopic (exact) mass is 366 g/mol. The summed E-state index contributed by atoms with van der Waals surface area (Å²) in [5.41, 5.74) is 2.27. The molecule has 1 aliphatic heterocycles. The topological polar surface area (TPSA) is 18.5 Å². The Balaban J connectivity index is 1.85. The molecule has 1 saturated heterocycles. The minimum absolute atomic E-state index is 0.00157. The van der Waals surface area contributed by atoms with Crippen LogP contribution in [-0.4, -0.2) is 6.10 Å². The Hall–Kier alpha value is -0.910. The fourth-order valence-electron chi connectivity index (χ4n) is 2.34. The number of hydrogen-bond donors (Lipinski definition) is 0. The van der Waals surface area contributed by atoms with Crippen LogP contribution in [0.3, 0.4) is 0 Å². The molecule has 2 nitrogen and oxygen atoms in total. The van der Waals surface area contributed by atoms with Gasteiger partial charge < -0.3 is 9.47 Å². The Kier molecular flexibility index (Phi) is 3.86. The normalized spacial score (nSPS) is 26.5. The van der Waals surface area contributed by atoms with Gasteiger partial charge in [0.25, 0.3) is 0 Å². The molecule has 3 heteroatoms. The minimum atomic E-state index is -0.266. The second-order valence-electron chi connectivity index (χ2n) is 4.66. The third kappa shape index (κ3) is 2.68. The largest absolute Gasteiger partial charge is 0.342 e. The highest BCUT2D eigenvalue weighted by Crippen LogP contribution is 2.40. The van der Waals surface area contributed by atoms with Gasteiger partial charge in [-0.2, -0.15) is 0 Å². The molecule has 0 spiro atoms. The summed E-state index contributed by atoms with van der Waals surface area (Å²) >= 11 is 2.35. The molecule has 0 radical (unpaired) electrons. The van der Waals surface area contributed by atoms with Crippen LogP contribution in [0.2, 0.25) is 0 Å². The lowest BCUT2D eigenvalue weighted by Crippen LogP contribution is -2.11. The van der Waals surface area contributed by atoms with E-state index in [1.54, 1.807) is 0 Å². The van der Waals surface area contributed by atoms with E-state index in [1.165, 1.54) is 9.13 Å². The van der Waals surface area contributed by atoms with E-state index in [1.807, 2.05) is 42.5 Å². The van der Waals surface area contributed by atoms with Gasteiger partial charge in [0.1, 0.15) is 6.10 Å². The highest BCUT2D eigenvalue weighted by atomic mass is 127. The molecule has 0 saturated carbocycles. The zero-order chi connectivity index (χ0) is 13.2. The fraction of sp³-hybridized carbons (Fsp3) is 0.250. The molecule has 0 aliphatic carbocycles. The minimum Gasteiger partial charge on any atom is -0.342 e. The summed E-state index contributed by atoms with van der Waals surface area (Å²) in [7, 11) is 0. The number of hydrogen-bond acceptors (Lipinski definition) is 2. The van der Waals surface area contributed by atoms with Crippen LogP contribution in [0.1, 0.15) is 30.4 Å². The molecule has 0 aromatic heterocycles. The van der Waals surface area contributed by atoms with Gasteiger partial charge in [-0.05, 0) is 41.1 Å². The van der Waals surface area contributed by atoms with Crippen molar-refractivity contribution in [3.63, 3.8) is 0 Å². The van der Waals surface area contributed by atoms with E-state index >= 15 is 0 Å². The van der Waals surface area contributed by atoms with Gasteiger partial charge in [-0.3, -0.25) is 0 Å². The molecule has 1 heterocycles. The maximum Gasteiger partial charge on any atom is 0.185 e. The first-order valence-electron chi connectivity index (χ1n) is 6.36. The molecule has 1 fully saturated rings. The van der Waals surface area contributed by atoms with E-state index in [-0.39, 0.29) is 18.5 Å². The van der Waals surface area contributed by atoms with Crippen molar-refractivity contribution >= 4 is 22.6 Å². The summed E-state index contributed by atoms with van der Waals surface area (Å²) in [6.07, 6.45) is -0.211. The van der Waals surface area contributed by atoms with E-state index in [4.69, 9.17) is 9.47 Å². The summed E-state index contributed by atoms with van der Waals surface area (Å²) in [6.45, 7) is 2.07. The Morgan fingerprint density at radius 3 is 2.32 bits per heavy atom. The molecule has 2 aromatic rings. The quantitative estimate of drug-likeness (QED) is 0.731. The van der Waals surface area contributed by atoms with Crippen LogP contribution in [0.15, 0.2) is 54.6 Å². The summed E-state index contributed by atoms with van der Waals surface area (Å²) < 4.78 is 13.3. The van der Waals surface area contributed by atoms with E-state index in [0.717, 1.165) is 5.56 Å². The lowest BCUT2D eigenvalue weighted by molar-refractivity contribution is -0.0677. The van der Waals surface area contributed by atoms with Crippen molar-refractivity contribution < 1.29 is 9.47 Å². The van der Waals surface area contributed by atoms with Crippen molar-refractivity contribution in [1.29, 1.82) is 0 Å². The Morgan fingerprint density at radius 1 is 0.895 bits per heavy atom. The SMILES string of the molecule is CC1OC(c2ccccc2)OC1c1ccccc1I. The van der Waals surface area contributed by atoms with Gasteiger partial charge in [0, 0.05) is 9.13 Å². The second kappa shape index (κ2) is 5.61. The van der Waals surface area contributed by atoms with Crippen LogP contribution < -0.4 is 0 Å². The maximum absolute atomic E-state index is 6.10. The van der Waals surface area contributed by atoms with Crippen LogP contribution >= 0.6 is 22.6 Å². The first kappa shape index (κ1) is 13.1.